The highest BCUT2D eigenvalue weighted by molar-refractivity contribution is 9.10. The monoisotopic (exact) mass is 312 g/mol. The molecule has 1 aliphatic carbocycles. The van der Waals surface area contributed by atoms with E-state index in [0.29, 0.717) is 19.4 Å². The second-order valence-corrected chi connectivity index (χ2v) is 5.74. The Morgan fingerprint density at radius 3 is 2.89 bits per heavy atom. The van der Waals surface area contributed by atoms with Crippen molar-refractivity contribution < 1.29 is 9.47 Å². The maximum Gasteiger partial charge on any atom is 0.231 e. The van der Waals surface area contributed by atoms with Crippen molar-refractivity contribution in [2.24, 2.45) is 5.73 Å². The number of likely N-dealkylation sites (N-methyl/N-ethyl adjacent to an activating group) is 1. The predicted molar refractivity (Wildman–Crippen MR) is 72.8 cm³/mol. The first-order valence-corrected chi connectivity index (χ1v) is 7.01. The van der Waals surface area contributed by atoms with Crippen molar-refractivity contribution in [2.45, 2.75) is 24.9 Å². The number of rotatable bonds is 4. The van der Waals surface area contributed by atoms with E-state index in [1.165, 1.54) is 18.4 Å². The van der Waals surface area contributed by atoms with Gasteiger partial charge < -0.3 is 15.2 Å². The van der Waals surface area contributed by atoms with E-state index in [2.05, 4.69) is 33.9 Å². The molecule has 0 saturated heterocycles. The van der Waals surface area contributed by atoms with E-state index in [9.17, 15) is 0 Å². The summed E-state index contributed by atoms with van der Waals surface area (Å²) >= 11 is 3.53. The van der Waals surface area contributed by atoms with E-state index in [4.69, 9.17) is 15.2 Å². The van der Waals surface area contributed by atoms with Gasteiger partial charge in [-0.2, -0.15) is 0 Å². The molecule has 0 bridgehead atoms. The minimum Gasteiger partial charge on any atom is -0.454 e. The summed E-state index contributed by atoms with van der Waals surface area (Å²) < 4.78 is 11.8. The van der Waals surface area contributed by atoms with Crippen molar-refractivity contribution in [3.63, 3.8) is 0 Å². The van der Waals surface area contributed by atoms with Crippen molar-refractivity contribution >= 4 is 15.9 Å². The minimum atomic E-state index is 0.239. The molecule has 4 nitrogen and oxygen atoms in total. The number of hydrogen-bond acceptors (Lipinski definition) is 4. The van der Waals surface area contributed by atoms with E-state index < -0.39 is 0 Å². The highest BCUT2D eigenvalue weighted by Crippen LogP contribution is 2.42. The Hall–Kier alpha value is -0.780. The minimum absolute atomic E-state index is 0.239. The smallest absolute Gasteiger partial charge is 0.231 e. The zero-order chi connectivity index (χ0) is 12.7. The van der Waals surface area contributed by atoms with E-state index in [0.717, 1.165) is 16.0 Å². The maximum absolute atomic E-state index is 5.94. The van der Waals surface area contributed by atoms with Crippen LogP contribution in [-0.4, -0.2) is 31.3 Å². The van der Waals surface area contributed by atoms with Gasteiger partial charge in [-0.05, 0) is 53.5 Å². The van der Waals surface area contributed by atoms with Crippen LogP contribution in [0.4, 0.5) is 0 Å². The lowest BCUT2D eigenvalue weighted by Gasteiger charge is -2.27. The van der Waals surface area contributed by atoms with Gasteiger partial charge in [0.1, 0.15) is 0 Å². The summed E-state index contributed by atoms with van der Waals surface area (Å²) in [6, 6.07) is 5.05. The number of nitrogens with two attached hydrogens (primary N) is 1. The van der Waals surface area contributed by atoms with E-state index >= 15 is 0 Å². The molecule has 1 unspecified atom stereocenters. The third-order valence-corrected chi connectivity index (χ3v) is 4.26. The Balaban J connectivity index is 1.92. The molecular weight excluding hydrogens is 296 g/mol. The lowest BCUT2D eigenvalue weighted by Crippen LogP contribution is -2.32. The Labute approximate surface area is 115 Å². The number of hydrogen-bond donors (Lipinski definition) is 1. The second-order valence-electron chi connectivity index (χ2n) is 4.88. The fourth-order valence-corrected chi connectivity index (χ4v) is 3.03. The first-order chi connectivity index (χ1) is 8.70. The molecule has 0 aromatic heterocycles. The molecule has 98 valence electrons. The van der Waals surface area contributed by atoms with E-state index in [-0.39, 0.29) is 6.04 Å². The van der Waals surface area contributed by atoms with Gasteiger partial charge in [0.25, 0.3) is 0 Å². The lowest BCUT2D eigenvalue weighted by atomic mass is 10.0. The van der Waals surface area contributed by atoms with Gasteiger partial charge in [-0.15, -0.1) is 0 Å². The molecule has 1 aromatic carbocycles. The maximum atomic E-state index is 5.94. The van der Waals surface area contributed by atoms with Crippen molar-refractivity contribution in [2.75, 3.05) is 20.4 Å². The van der Waals surface area contributed by atoms with Crippen LogP contribution in [0.3, 0.4) is 0 Å². The molecule has 1 atom stereocenters. The van der Waals surface area contributed by atoms with Gasteiger partial charge >= 0.3 is 0 Å². The Bertz CT molecular complexity index is 463. The van der Waals surface area contributed by atoms with Crippen LogP contribution in [0.2, 0.25) is 0 Å². The van der Waals surface area contributed by atoms with Crippen LogP contribution in [0.25, 0.3) is 0 Å². The van der Waals surface area contributed by atoms with E-state index in [1.54, 1.807) is 0 Å². The van der Waals surface area contributed by atoms with Crippen LogP contribution >= 0.6 is 15.9 Å². The van der Waals surface area contributed by atoms with Crippen LogP contribution in [0.15, 0.2) is 16.6 Å². The molecule has 3 rings (SSSR count). The van der Waals surface area contributed by atoms with Gasteiger partial charge in [-0.25, -0.2) is 0 Å². The fourth-order valence-electron chi connectivity index (χ4n) is 2.45. The zero-order valence-corrected chi connectivity index (χ0v) is 11.9. The summed E-state index contributed by atoms with van der Waals surface area (Å²) in [5, 5.41) is 0. The molecule has 2 aliphatic rings. The molecule has 1 saturated carbocycles. The van der Waals surface area contributed by atoms with Crippen LogP contribution in [0, 0.1) is 0 Å². The first-order valence-electron chi connectivity index (χ1n) is 6.21. The number of halogens is 1. The topological polar surface area (TPSA) is 47.7 Å². The average molecular weight is 313 g/mol. The quantitative estimate of drug-likeness (QED) is 0.926. The SMILES string of the molecule is CN(C1CC1)C(CN)c1cc(Br)c2c(c1)OCO2. The van der Waals surface area contributed by atoms with Crippen molar-refractivity contribution in [3.05, 3.63) is 22.2 Å². The summed E-state index contributed by atoms with van der Waals surface area (Å²) in [6.45, 7) is 0.905. The Morgan fingerprint density at radius 1 is 1.44 bits per heavy atom. The molecule has 0 amide bonds. The standard InChI is InChI=1S/C13H17BrN2O2/c1-16(9-2-3-9)11(6-15)8-4-10(14)13-12(5-8)17-7-18-13/h4-5,9,11H,2-3,6-7,15H2,1H3. The second kappa shape index (κ2) is 4.72. The Kier molecular flexibility index (Phi) is 3.21. The van der Waals surface area contributed by atoms with Gasteiger partial charge in [0.15, 0.2) is 11.5 Å². The average Bonchev–Trinajstić information content (AvgIpc) is 3.09. The van der Waals surface area contributed by atoms with Gasteiger partial charge in [0.2, 0.25) is 6.79 Å². The molecule has 5 heteroatoms. The number of ether oxygens (including phenoxy) is 2. The molecule has 0 spiro atoms. The van der Waals surface area contributed by atoms with Gasteiger partial charge in [-0.1, -0.05) is 0 Å². The van der Waals surface area contributed by atoms with Crippen molar-refractivity contribution in [1.82, 2.24) is 4.90 Å². The summed E-state index contributed by atoms with van der Waals surface area (Å²) in [5.74, 6) is 1.60. The largest absolute Gasteiger partial charge is 0.454 e. The number of fused-ring (bicyclic) bond motifs is 1. The summed E-state index contributed by atoms with van der Waals surface area (Å²) in [5.41, 5.74) is 7.12. The zero-order valence-electron chi connectivity index (χ0n) is 10.4. The third-order valence-electron chi connectivity index (χ3n) is 3.67. The summed E-state index contributed by atoms with van der Waals surface area (Å²) in [7, 11) is 2.15. The van der Waals surface area contributed by atoms with Gasteiger partial charge in [0.05, 0.1) is 4.47 Å². The third kappa shape index (κ3) is 2.11. The van der Waals surface area contributed by atoms with Crippen molar-refractivity contribution in [1.29, 1.82) is 0 Å². The van der Waals surface area contributed by atoms with Gasteiger partial charge in [0, 0.05) is 18.6 Å². The molecule has 0 radical (unpaired) electrons. The molecule has 1 aromatic rings. The van der Waals surface area contributed by atoms with Gasteiger partial charge in [-0.3, -0.25) is 4.90 Å². The molecular formula is C13H17BrN2O2. The summed E-state index contributed by atoms with van der Waals surface area (Å²) in [6.07, 6.45) is 2.55. The fraction of sp³-hybridized carbons (Fsp3) is 0.538. The van der Waals surface area contributed by atoms with Crippen molar-refractivity contribution in [3.8, 4) is 11.5 Å². The normalized spacial score (nSPS) is 19.3. The van der Waals surface area contributed by atoms with Crippen LogP contribution < -0.4 is 15.2 Å². The predicted octanol–water partition coefficient (Wildman–Crippen LogP) is 2.27. The van der Waals surface area contributed by atoms with Crippen LogP contribution in [0.1, 0.15) is 24.4 Å². The highest BCUT2D eigenvalue weighted by atomic mass is 79.9. The van der Waals surface area contributed by atoms with Crippen LogP contribution in [0.5, 0.6) is 11.5 Å². The molecule has 18 heavy (non-hydrogen) atoms. The van der Waals surface area contributed by atoms with E-state index in [1.807, 2.05) is 6.07 Å². The summed E-state index contributed by atoms with van der Waals surface area (Å²) in [4.78, 5) is 2.37. The Morgan fingerprint density at radius 2 is 2.22 bits per heavy atom. The highest BCUT2D eigenvalue weighted by Gasteiger charge is 2.32. The molecule has 2 N–H and O–H groups in total. The molecule has 1 aliphatic heterocycles. The molecule has 1 heterocycles. The number of benzene rings is 1. The molecule has 1 fully saturated rings. The lowest BCUT2D eigenvalue weighted by molar-refractivity contribution is 0.173. The first kappa shape index (κ1) is 12.3. The van der Waals surface area contributed by atoms with Crippen LogP contribution in [-0.2, 0) is 0 Å². The number of nitrogens with zero attached hydrogens (tertiary/aromatic N) is 1.